The first kappa shape index (κ1) is 20.4. The lowest BCUT2D eigenvalue weighted by Crippen LogP contribution is -2.36. The first-order chi connectivity index (χ1) is 12.9. The Morgan fingerprint density at radius 2 is 2.04 bits per heavy atom. The molecule has 3 heterocycles. The molecule has 27 heavy (non-hydrogen) atoms. The van der Waals surface area contributed by atoms with Crippen LogP contribution in [0.2, 0.25) is 0 Å². The molecule has 0 bridgehead atoms. The molecule has 3 rings (SSSR count). The van der Waals surface area contributed by atoms with Gasteiger partial charge in [0.05, 0.1) is 5.69 Å². The molecule has 3 aromatic rings. The maximum absolute atomic E-state index is 12.2. The van der Waals surface area contributed by atoms with E-state index < -0.39 is 0 Å². The first-order valence-corrected chi connectivity index (χ1v) is 9.26. The Balaban J connectivity index is 0.00000148. The molecule has 6 nitrogen and oxygen atoms in total. The molecule has 0 radical (unpaired) electrons. The maximum Gasteiger partial charge on any atom is 0.271 e. The molecule has 0 aromatic carbocycles. The fraction of sp³-hybridized carbons (Fsp3) is 0.381. The van der Waals surface area contributed by atoms with E-state index in [2.05, 4.69) is 29.3 Å². The summed E-state index contributed by atoms with van der Waals surface area (Å²) in [5.74, 6) is 0.730. The minimum Gasteiger partial charge on any atom is -0.368 e. The van der Waals surface area contributed by atoms with Crippen molar-refractivity contribution >= 4 is 5.69 Å². The molecular weight excluding hydrogens is 340 g/mol. The number of aromatic nitrogens is 3. The number of aromatic amines is 1. The largest absolute Gasteiger partial charge is 0.368 e. The Hall–Kier alpha value is -2.89. The van der Waals surface area contributed by atoms with Gasteiger partial charge in [0.25, 0.3) is 5.56 Å². The lowest BCUT2D eigenvalue weighted by Gasteiger charge is -2.13. The number of hydrogen-bond acceptors (Lipinski definition) is 4. The van der Waals surface area contributed by atoms with Gasteiger partial charge in [-0.05, 0) is 26.8 Å². The second-order valence-corrected chi connectivity index (χ2v) is 6.64. The summed E-state index contributed by atoms with van der Waals surface area (Å²) < 4.78 is 7.25. The number of hydrogen-bond donors (Lipinski definition) is 2. The molecule has 0 aliphatic carbocycles. The fourth-order valence-electron chi connectivity index (χ4n) is 2.92. The van der Waals surface area contributed by atoms with Crippen molar-refractivity contribution in [1.82, 2.24) is 10.1 Å². The molecule has 0 saturated carbocycles. The van der Waals surface area contributed by atoms with Crippen LogP contribution in [0.5, 0.6) is 0 Å². The third kappa shape index (κ3) is 4.84. The highest BCUT2D eigenvalue weighted by Gasteiger charge is 2.18. The van der Waals surface area contributed by atoms with Crippen LogP contribution >= 0.6 is 0 Å². The van der Waals surface area contributed by atoms with E-state index in [1.165, 1.54) is 6.42 Å². The second kappa shape index (κ2) is 9.16. The van der Waals surface area contributed by atoms with Crippen molar-refractivity contribution in [2.45, 2.75) is 47.1 Å². The van der Waals surface area contributed by atoms with Crippen molar-refractivity contribution in [1.29, 1.82) is 0 Å². The van der Waals surface area contributed by atoms with E-state index in [1.807, 2.05) is 62.8 Å². The van der Waals surface area contributed by atoms with E-state index in [1.54, 1.807) is 6.20 Å². The average Bonchev–Trinajstić information content (AvgIpc) is 2.96. The maximum atomic E-state index is 12.2. The van der Waals surface area contributed by atoms with Crippen molar-refractivity contribution < 1.29 is 11.9 Å². The second-order valence-electron chi connectivity index (χ2n) is 6.64. The van der Waals surface area contributed by atoms with Crippen LogP contribution in [0.25, 0.3) is 11.1 Å². The van der Waals surface area contributed by atoms with Crippen LogP contribution in [0.1, 0.15) is 53.2 Å². The molecule has 0 fully saturated rings. The molecule has 0 amide bonds. The van der Waals surface area contributed by atoms with E-state index in [0.717, 1.165) is 28.3 Å². The number of rotatable bonds is 4. The van der Waals surface area contributed by atoms with Gasteiger partial charge in [0.1, 0.15) is 24.5 Å². The fourth-order valence-corrected chi connectivity index (χ4v) is 2.92. The lowest BCUT2D eigenvalue weighted by atomic mass is 10.1. The van der Waals surface area contributed by atoms with Crippen LogP contribution in [0, 0.1) is 13.8 Å². The third-order valence-corrected chi connectivity index (χ3v) is 4.14. The van der Waals surface area contributed by atoms with Gasteiger partial charge in [-0.2, -0.15) is 0 Å². The quantitative estimate of drug-likeness (QED) is 0.658. The zero-order valence-electron chi connectivity index (χ0n) is 17.0. The highest BCUT2D eigenvalue weighted by Crippen LogP contribution is 2.27. The van der Waals surface area contributed by atoms with E-state index in [-0.39, 0.29) is 14.5 Å². The molecule has 2 N–H and O–H groups in total. The standard InChI is InChI=1S/C18H20N4O2.C3H8.2H2/c1-11(16-7-5-6-8-22(16)4)20-15-9-14(10-19-18(15)23)17-12(2)21-24-13(17)3;1-3-2;;/h5-11,20H,1-4H3;3H2,1-2H3;2*1H/p+1/t11-;;;/m1.../s1. The summed E-state index contributed by atoms with van der Waals surface area (Å²) in [5, 5.41) is 7.27. The molecule has 0 aliphatic rings. The number of nitrogens with one attached hydrogen (secondary N) is 2. The van der Waals surface area contributed by atoms with Gasteiger partial charge in [0, 0.05) is 32.3 Å². The van der Waals surface area contributed by atoms with Gasteiger partial charge in [0.2, 0.25) is 5.69 Å². The molecule has 0 aliphatic heterocycles. The summed E-state index contributed by atoms with van der Waals surface area (Å²) in [4.78, 5) is 15.0. The molecule has 6 heteroatoms. The van der Waals surface area contributed by atoms with Crippen molar-refractivity contribution in [2.75, 3.05) is 5.32 Å². The molecule has 148 valence electrons. The predicted octanol–water partition coefficient (Wildman–Crippen LogP) is 4.55. The number of nitrogens with zero attached hydrogens (tertiary/aromatic N) is 2. The summed E-state index contributed by atoms with van der Waals surface area (Å²) >= 11 is 0. The number of anilines is 1. The monoisotopic (exact) mass is 373 g/mol. The van der Waals surface area contributed by atoms with Crippen LogP contribution in [-0.2, 0) is 7.05 Å². The SMILES string of the molecule is CCC.Cc1noc(C)c1-c1c[nH]c(=O)c(N[C@H](C)c2cccc[n+]2C)c1.[HH].[HH]. The Morgan fingerprint density at radius 3 is 2.63 bits per heavy atom. The van der Waals surface area contributed by atoms with Gasteiger partial charge in [-0.15, -0.1) is 0 Å². The van der Waals surface area contributed by atoms with Crippen LogP contribution < -0.4 is 15.4 Å². The van der Waals surface area contributed by atoms with E-state index in [0.29, 0.717) is 5.69 Å². The minimum atomic E-state index is -0.157. The van der Waals surface area contributed by atoms with Crippen molar-refractivity contribution in [3.8, 4) is 11.1 Å². The van der Waals surface area contributed by atoms with Crippen molar-refractivity contribution in [3.63, 3.8) is 0 Å². The van der Waals surface area contributed by atoms with Crippen molar-refractivity contribution in [2.24, 2.45) is 7.05 Å². The van der Waals surface area contributed by atoms with Gasteiger partial charge in [-0.1, -0.05) is 31.5 Å². The summed E-state index contributed by atoms with van der Waals surface area (Å²) in [7, 11) is 1.98. The molecule has 3 aromatic heterocycles. The highest BCUT2D eigenvalue weighted by atomic mass is 16.5. The summed E-state index contributed by atoms with van der Waals surface area (Å²) in [5.41, 5.74) is 4.03. The normalized spacial score (nSPS) is 11.5. The zero-order valence-corrected chi connectivity index (χ0v) is 17.0. The third-order valence-electron chi connectivity index (χ3n) is 4.14. The van der Waals surface area contributed by atoms with Gasteiger partial charge in [0.15, 0.2) is 6.20 Å². The smallest absolute Gasteiger partial charge is 0.271 e. The highest BCUT2D eigenvalue weighted by molar-refractivity contribution is 5.70. The van der Waals surface area contributed by atoms with Gasteiger partial charge in [-0.3, -0.25) is 4.79 Å². The number of H-pyrrole nitrogens is 1. The number of aryl methyl sites for hydroxylation is 3. The van der Waals surface area contributed by atoms with Crippen LogP contribution in [0.3, 0.4) is 0 Å². The Bertz CT molecular complexity index is 934. The zero-order chi connectivity index (χ0) is 20.0. The van der Waals surface area contributed by atoms with Crippen LogP contribution in [0.4, 0.5) is 5.69 Å². The summed E-state index contributed by atoms with van der Waals surface area (Å²) in [6, 6.07) is 7.81. The predicted molar refractivity (Wildman–Crippen MR) is 112 cm³/mol. The lowest BCUT2D eigenvalue weighted by molar-refractivity contribution is -0.680. The van der Waals surface area contributed by atoms with Crippen LogP contribution in [-0.4, -0.2) is 10.1 Å². The molecule has 0 saturated heterocycles. The van der Waals surface area contributed by atoms with E-state index in [9.17, 15) is 4.79 Å². The summed E-state index contributed by atoms with van der Waals surface area (Å²) in [6.07, 6.45) is 4.92. The topological polar surface area (TPSA) is 74.8 Å². The van der Waals surface area contributed by atoms with Gasteiger partial charge < -0.3 is 14.8 Å². The van der Waals surface area contributed by atoms with E-state index in [4.69, 9.17) is 4.52 Å². The molecule has 0 spiro atoms. The van der Waals surface area contributed by atoms with Crippen molar-refractivity contribution in [3.05, 3.63) is 64.2 Å². The minimum absolute atomic E-state index is 0. The first-order valence-electron chi connectivity index (χ1n) is 9.26. The van der Waals surface area contributed by atoms with Gasteiger partial charge >= 0.3 is 0 Å². The Morgan fingerprint density at radius 1 is 1.33 bits per heavy atom. The molecule has 0 unspecified atom stereocenters. The Kier molecular flexibility index (Phi) is 6.93. The Labute approximate surface area is 163 Å². The summed E-state index contributed by atoms with van der Waals surface area (Å²) in [6.45, 7) is 10.0. The average molecular weight is 374 g/mol. The molecule has 1 atom stereocenters. The molecular formula is C21H33N4O2+. The van der Waals surface area contributed by atoms with E-state index >= 15 is 0 Å². The van der Waals surface area contributed by atoms with Crippen LogP contribution in [0.15, 0.2) is 46.0 Å². The van der Waals surface area contributed by atoms with Gasteiger partial charge in [-0.25, -0.2) is 4.57 Å². The number of pyridine rings is 2.